The quantitative estimate of drug-likeness (QED) is 0.724. The SMILES string of the molecule is CC(C)OCCN1C(=O)CCC1C(=O)O. The minimum absolute atomic E-state index is 0.0882. The molecule has 1 N–H and O–H groups in total. The molecule has 1 rings (SSSR count). The molecule has 1 heterocycles. The molecule has 5 heteroatoms. The zero-order valence-corrected chi connectivity index (χ0v) is 9.10. The van der Waals surface area contributed by atoms with Crippen molar-refractivity contribution in [2.45, 2.75) is 38.8 Å². The van der Waals surface area contributed by atoms with Crippen LogP contribution in [0.1, 0.15) is 26.7 Å². The Bertz CT molecular complexity index is 252. The number of rotatable bonds is 5. The Morgan fingerprint density at radius 1 is 1.67 bits per heavy atom. The molecule has 0 saturated carbocycles. The second-order valence-corrected chi connectivity index (χ2v) is 3.90. The third kappa shape index (κ3) is 3.20. The molecular formula is C10H17NO4. The lowest BCUT2D eigenvalue weighted by Gasteiger charge is -2.21. The summed E-state index contributed by atoms with van der Waals surface area (Å²) in [4.78, 5) is 23.6. The maximum absolute atomic E-state index is 11.4. The highest BCUT2D eigenvalue weighted by Crippen LogP contribution is 2.18. The number of carboxylic acids is 1. The van der Waals surface area contributed by atoms with Crippen molar-refractivity contribution >= 4 is 11.9 Å². The number of nitrogens with zero attached hydrogens (tertiary/aromatic N) is 1. The molecule has 1 unspecified atom stereocenters. The Kier molecular flexibility index (Phi) is 4.08. The molecular weight excluding hydrogens is 198 g/mol. The number of amides is 1. The third-order valence-corrected chi connectivity index (χ3v) is 2.40. The Morgan fingerprint density at radius 3 is 2.87 bits per heavy atom. The molecule has 0 bridgehead atoms. The summed E-state index contributed by atoms with van der Waals surface area (Å²) in [6.45, 7) is 4.57. The van der Waals surface area contributed by atoms with Gasteiger partial charge in [0.05, 0.1) is 12.7 Å². The first-order valence-electron chi connectivity index (χ1n) is 5.16. The molecule has 86 valence electrons. The molecule has 15 heavy (non-hydrogen) atoms. The van der Waals surface area contributed by atoms with E-state index in [0.717, 1.165) is 0 Å². The second-order valence-electron chi connectivity index (χ2n) is 3.90. The zero-order valence-electron chi connectivity index (χ0n) is 9.10. The van der Waals surface area contributed by atoms with Crippen LogP contribution in [0, 0.1) is 0 Å². The van der Waals surface area contributed by atoms with E-state index in [0.29, 0.717) is 26.0 Å². The maximum Gasteiger partial charge on any atom is 0.326 e. The van der Waals surface area contributed by atoms with Crippen LogP contribution in [0.4, 0.5) is 0 Å². The van der Waals surface area contributed by atoms with Crippen LogP contribution in [0.2, 0.25) is 0 Å². The van der Waals surface area contributed by atoms with E-state index in [1.54, 1.807) is 0 Å². The van der Waals surface area contributed by atoms with Crippen molar-refractivity contribution in [3.63, 3.8) is 0 Å². The monoisotopic (exact) mass is 215 g/mol. The summed E-state index contributed by atoms with van der Waals surface area (Å²) in [5, 5.41) is 8.88. The minimum atomic E-state index is -0.926. The van der Waals surface area contributed by atoms with Crippen LogP contribution in [-0.4, -0.2) is 47.2 Å². The normalized spacial score (nSPS) is 21.4. The van der Waals surface area contributed by atoms with Gasteiger partial charge in [-0.3, -0.25) is 4.79 Å². The van der Waals surface area contributed by atoms with Crippen LogP contribution in [-0.2, 0) is 14.3 Å². The van der Waals surface area contributed by atoms with Gasteiger partial charge in [-0.25, -0.2) is 4.79 Å². The number of aliphatic carboxylic acids is 1. The largest absolute Gasteiger partial charge is 0.480 e. The van der Waals surface area contributed by atoms with E-state index in [-0.39, 0.29) is 12.0 Å². The smallest absolute Gasteiger partial charge is 0.326 e. The first-order chi connectivity index (χ1) is 7.02. The third-order valence-electron chi connectivity index (χ3n) is 2.40. The van der Waals surface area contributed by atoms with Gasteiger partial charge in [0, 0.05) is 13.0 Å². The van der Waals surface area contributed by atoms with Crippen LogP contribution in [0.15, 0.2) is 0 Å². The van der Waals surface area contributed by atoms with E-state index >= 15 is 0 Å². The van der Waals surface area contributed by atoms with Crippen molar-refractivity contribution in [3.8, 4) is 0 Å². The maximum atomic E-state index is 11.4. The van der Waals surface area contributed by atoms with Gasteiger partial charge in [-0.05, 0) is 20.3 Å². The fourth-order valence-electron chi connectivity index (χ4n) is 1.66. The lowest BCUT2D eigenvalue weighted by atomic mass is 10.2. The summed E-state index contributed by atoms with van der Waals surface area (Å²) in [5.41, 5.74) is 0. The number of hydrogen-bond donors (Lipinski definition) is 1. The Morgan fingerprint density at radius 2 is 2.33 bits per heavy atom. The predicted octanol–water partition coefficient (Wildman–Crippen LogP) is 0.487. The van der Waals surface area contributed by atoms with E-state index in [1.165, 1.54) is 4.90 Å². The minimum Gasteiger partial charge on any atom is -0.480 e. The number of likely N-dealkylation sites (tertiary alicyclic amines) is 1. The van der Waals surface area contributed by atoms with Gasteiger partial charge in [-0.1, -0.05) is 0 Å². The van der Waals surface area contributed by atoms with Crippen LogP contribution in [0.3, 0.4) is 0 Å². The molecule has 0 aromatic carbocycles. The predicted molar refractivity (Wildman–Crippen MR) is 53.5 cm³/mol. The highest BCUT2D eigenvalue weighted by atomic mass is 16.5. The molecule has 0 radical (unpaired) electrons. The highest BCUT2D eigenvalue weighted by molar-refractivity contribution is 5.87. The van der Waals surface area contributed by atoms with Crippen LogP contribution in [0.5, 0.6) is 0 Å². The molecule has 0 aromatic heterocycles. The van der Waals surface area contributed by atoms with Gasteiger partial charge in [0.15, 0.2) is 0 Å². The van der Waals surface area contributed by atoms with Crippen molar-refractivity contribution < 1.29 is 19.4 Å². The van der Waals surface area contributed by atoms with Crippen molar-refractivity contribution in [2.24, 2.45) is 0 Å². The Labute approximate surface area is 89.0 Å². The Balaban J connectivity index is 2.43. The van der Waals surface area contributed by atoms with Gasteiger partial charge in [0.1, 0.15) is 6.04 Å². The average Bonchev–Trinajstić information content (AvgIpc) is 2.47. The van der Waals surface area contributed by atoms with Gasteiger partial charge >= 0.3 is 5.97 Å². The number of ether oxygens (including phenoxy) is 1. The van der Waals surface area contributed by atoms with Crippen molar-refractivity contribution in [1.82, 2.24) is 4.90 Å². The molecule has 0 spiro atoms. The summed E-state index contributed by atoms with van der Waals surface area (Å²) < 4.78 is 5.29. The topological polar surface area (TPSA) is 66.8 Å². The molecule has 1 saturated heterocycles. The lowest BCUT2D eigenvalue weighted by molar-refractivity contribution is -0.146. The summed E-state index contributed by atoms with van der Waals surface area (Å²) in [6.07, 6.45) is 0.847. The average molecular weight is 215 g/mol. The van der Waals surface area contributed by atoms with Gasteiger partial charge < -0.3 is 14.7 Å². The molecule has 5 nitrogen and oxygen atoms in total. The van der Waals surface area contributed by atoms with E-state index in [2.05, 4.69) is 0 Å². The van der Waals surface area contributed by atoms with E-state index in [1.807, 2.05) is 13.8 Å². The van der Waals surface area contributed by atoms with Crippen molar-refractivity contribution in [3.05, 3.63) is 0 Å². The number of carbonyl (C=O) groups excluding carboxylic acids is 1. The Hall–Kier alpha value is -1.10. The molecule has 1 aliphatic rings. The zero-order chi connectivity index (χ0) is 11.4. The molecule has 1 fully saturated rings. The van der Waals surface area contributed by atoms with Crippen LogP contribution < -0.4 is 0 Å². The van der Waals surface area contributed by atoms with Crippen LogP contribution in [0.25, 0.3) is 0 Å². The first-order valence-corrected chi connectivity index (χ1v) is 5.16. The second kappa shape index (κ2) is 5.11. The molecule has 1 amide bonds. The van der Waals surface area contributed by atoms with Gasteiger partial charge in [-0.2, -0.15) is 0 Å². The lowest BCUT2D eigenvalue weighted by Crippen LogP contribution is -2.40. The number of carbonyl (C=O) groups is 2. The summed E-state index contributed by atoms with van der Waals surface area (Å²) >= 11 is 0. The van der Waals surface area contributed by atoms with Crippen molar-refractivity contribution in [1.29, 1.82) is 0 Å². The van der Waals surface area contributed by atoms with E-state index < -0.39 is 12.0 Å². The van der Waals surface area contributed by atoms with Gasteiger partial charge in [0.25, 0.3) is 0 Å². The van der Waals surface area contributed by atoms with Gasteiger partial charge in [0.2, 0.25) is 5.91 Å². The number of hydrogen-bond acceptors (Lipinski definition) is 3. The molecule has 0 aliphatic carbocycles. The van der Waals surface area contributed by atoms with Gasteiger partial charge in [-0.15, -0.1) is 0 Å². The fraction of sp³-hybridized carbons (Fsp3) is 0.800. The summed E-state index contributed by atoms with van der Waals surface area (Å²) in [6, 6.07) is -0.659. The molecule has 0 aromatic rings. The summed E-state index contributed by atoms with van der Waals surface area (Å²) in [5.74, 6) is -1.01. The molecule has 1 atom stereocenters. The first kappa shape index (κ1) is 12.0. The highest BCUT2D eigenvalue weighted by Gasteiger charge is 2.35. The van der Waals surface area contributed by atoms with Crippen molar-refractivity contribution in [2.75, 3.05) is 13.2 Å². The summed E-state index contributed by atoms with van der Waals surface area (Å²) in [7, 11) is 0. The standard InChI is InChI=1S/C10H17NO4/c1-7(2)15-6-5-11-8(10(13)14)3-4-9(11)12/h7-8H,3-6H2,1-2H3,(H,13,14). The fourth-order valence-corrected chi connectivity index (χ4v) is 1.66. The van der Waals surface area contributed by atoms with E-state index in [9.17, 15) is 9.59 Å². The van der Waals surface area contributed by atoms with E-state index in [4.69, 9.17) is 9.84 Å². The molecule has 1 aliphatic heterocycles. The van der Waals surface area contributed by atoms with Crippen LogP contribution >= 0.6 is 0 Å². The number of carboxylic acid groups (broad SMARTS) is 1.